The Morgan fingerprint density at radius 3 is 2.20 bits per heavy atom. The van der Waals surface area contributed by atoms with Gasteiger partial charge in [-0.15, -0.1) is 0 Å². The number of urea groups is 1. The Morgan fingerprint density at radius 2 is 1.68 bits per heavy atom. The quantitative estimate of drug-likeness (QED) is 0.750. The molecule has 1 rings (SSSR count). The van der Waals surface area contributed by atoms with Gasteiger partial charge in [0, 0.05) is 11.1 Å². The van der Waals surface area contributed by atoms with Crippen LogP contribution in [0.5, 0.6) is 5.75 Å². The molecule has 7 nitrogen and oxygen atoms in total. The summed E-state index contributed by atoms with van der Waals surface area (Å²) in [5.41, 5.74) is 1.57. The Morgan fingerprint density at radius 1 is 1.12 bits per heavy atom. The topological polar surface area (TPSA) is 93.7 Å². The largest absolute Gasteiger partial charge is 0.481 e. The van der Waals surface area contributed by atoms with E-state index in [1.165, 1.54) is 6.92 Å². The molecule has 138 valence electrons. The number of imide groups is 1. The van der Waals surface area contributed by atoms with Crippen LogP contribution in [0.1, 0.15) is 31.9 Å². The fraction of sp³-hybridized carbons (Fsp3) is 0.471. The zero-order valence-corrected chi connectivity index (χ0v) is 15.7. The Kier molecular flexibility index (Phi) is 7.70. The van der Waals surface area contributed by atoms with Gasteiger partial charge in [0.05, 0.1) is 0 Å². The molecule has 8 heteroatoms. The van der Waals surface area contributed by atoms with Crippen molar-refractivity contribution in [1.29, 1.82) is 0 Å². The number of benzene rings is 1. The summed E-state index contributed by atoms with van der Waals surface area (Å²) >= 11 is 5.94. The fourth-order valence-electron chi connectivity index (χ4n) is 2.05. The van der Waals surface area contributed by atoms with Crippen molar-refractivity contribution in [3.8, 4) is 5.75 Å². The summed E-state index contributed by atoms with van der Waals surface area (Å²) in [7, 11) is 0. The summed E-state index contributed by atoms with van der Waals surface area (Å²) in [5, 5.41) is 5.17. The third-order valence-electron chi connectivity index (χ3n) is 3.09. The van der Waals surface area contributed by atoms with Gasteiger partial charge in [-0.1, -0.05) is 11.6 Å². The molecule has 1 aromatic carbocycles. The molecule has 0 aliphatic heterocycles. The predicted molar refractivity (Wildman–Crippen MR) is 93.8 cm³/mol. The van der Waals surface area contributed by atoms with Crippen molar-refractivity contribution in [3.05, 3.63) is 28.3 Å². The van der Waals surface area contributed by atoms with Crippen LogP contribution < -0.4 is 15.4 Å². The molecule has 0 aliphatic rings. The third-order valence-corrected chi connectivity index (χ3v) is 3.31. The number of carbonyl (C=O) groups is 3. The predicted octanol–water partition coefficient (Wildman–Crippen LogP) is 2.50. The molecule has 3 amide bonds. The van der Waals surface area contributed by atoms with Crippen LogP contribution in [0.4, 0.5) is 4.79 Å². The highest BCUT2D eigenvalue weighted by Gasteiger charge is 2.20. The molecule has 25 heavy (non-hydrogen) atoms. The molecular formula is C17H23ClN2O5. The number of hydrogen-bond donors (Lipinski definition) is 2. The first-order valence-corrected chi connectivity index (χ1v) is 8.18. The highest BCUT2D eigenvalue weighted by molar-refractivity contribution is 6.30. The standard InChI is InChI=1S/C17H23ClN2O5/c1-9(2)19-17(23)20-16(22)12(5)25-14(21)8-24-15-10(3)6-13(18)7-11(15)4/h6-7,9,12H,8H2,1-5H3,(H2,19,20,22,23)/t12-/m1/s1. The van der Waals surface area contributed by atoms with Crippen LogP contribution >= 0.6 is 11.6 Å². The van der Waals surface area contributed by atoms with Crippen molar-refractivity contribution in [1.82, 2.24) is 10.6 Å². The number of esters is 1. The highest BCUT2D eigenvalue weighted by atomic mass is 35.5. The lowest BCUT2D eigenvalue weighted by Crippen LogP contribution is -2.46. The maximum Gasteiger partial charge on any atom is 0.344 e. The maximum absolute atomic E-state index is 11.8. The summed E-state index contributed by atoms with van der Waals surface area (Å²) in [5.74, 6) is -0.902. The average Bonchev–Trinajstić information content (AvgIpc) is 2.44. The smallest absolute Gasteiger partial charge is 0.344 e. The molecular weight excluding hydrogens is 348 g/mol. The Hall–Kier alpha value is -2.28. The molecule has 0 spiro atoms. The maximum atomic E-state index is 11.8. The van der Waals surface area contributed by atoms with E-state index in [1.54, 1.807) is 26.0 Å². The second-order valence-corrected chi connectivity index (χ2v) is 6.34. The molecule has 0 unspecified atom stereocenters. The molecule has 2 N–H and O–H groups in total. The van der Waals surface area contributed by atoms with Crippen LogP contribution in [0.15, 0.2) is 12.1 Å². The molecule has 1 aromatic rings. The van der Waals surface area contributed by atoms with Crippen molar-refractivity contribution < 1.29 is 23.9 Å². The van der Waals surface area contributed by atoms with Crippen LogP contribution in [-0.2, 0) is 14.3 Å². The van der Waals surface area contributed by atoms with Crippen molar-refractivity contribution in [2.24, 2.45) is 0 Å². The second-order valence-electron chi connectivity index (χ2n) is 5.91. The van der Waals surface area contributed by atoms with E-state index in [9.17, 15) is 14.4 Å². The highest BCUT2D eigenvalue weighted by Crippen LogP contribution is 2.26. The average molecular weight is 371 g/mol. The summed E-state index contributed by atoms with van der Waals surface area (Å²) in [6.45, 7) is 8.14. The number of amides is 3. The lowest BCUT2D eigenvalue weighted by molar-refractivity contribution is -0.156. The van der Waals surface area contributed by atoms with Gasteiger partial charge in [-0.3, -0.25) is 10.1 Å². The summed E-state index contributed by atoms with van der Waals surface area (Å²) in [6.07, 6.45) is -1.12. The molecule has 0 aromatic heterocycles. The van der Waals surface area contributed by atoms with Gasteiger partial charge >= 0.3 is 12.0 Å². The van der Waals surface area contributed by atoms with E-state index in [-0.39, 0.29) is 12.6 Å². The van der Waals surface area contributed by atoms with Crippen molar-refractivity contribution in [2.75, 3.05) is 6.61 Å². The fourth-order valence-corrected chi connectivity index (χ4v) is 2.38. The summed E-state index contributed by atoms with van der Waals surface area (Å²) in [4.78, 5) is 35.1. The first-order chi connectivity index (χ1) is 11.6. The number of hydrogen-bond acceptors (Lipinski definition) is 5. The molecule has 0 radical (unpaired) electrons. The molecule has 0 saturated heterocycles. The summed E-state index contributed by atoms with van der Waals surface area (Å²) < 4.78 is 10.4. The lowest BCUT2D eigenvalue weighted by Gasteiger charge is -2.16. The Balaban J connectivity index is 2.51. The monoisotopic (exact) mass is 370 g/mol. The van der Waals surface area contributed by atoms with Gasteiger partial charge in [-0.2, -0.15) is 0 Å². The van der Waals surface area contributed by atoms with Crippen LogP contribution in [0, 0.1) is 13.8 Å². The van der Waals surface area contributed by atoms with Crippen LogP contribution in [0.2, 0.25) is 5.02 Å². The number of aryl methyl sites for hydroxylation is 2. The lowest BCUT2D eigenvalue weighted by atomic mass is 10.1. The van der Waals surface area contributed by atoms with E-state index in [4.69, 9.17) is 21.1 Å². The van der Waals surface area contributed by atoms with Crippen LogP contribution in [0.3, 0.4) is 0 Å². The SMILES string of the molecule is Cc1cc(Cl)cc(C)c1OCC(=O)O[C@H](C)C(=O)NC(=O)NC(C)C. The molecule has 1 atom stereocenters. The van der Waals surface area contributed by atoms with E-state index in [1.807, 2.05) is 13.8 Å². The Labute approximate surface area is 152 Å². The van der Waals surface area contributed by atoms with Crippen molar-refractivity contribution in [2.45, 2.75) is 46.8 Å². The van der Waals surface area contributed by atoms with E-state index in [0.717, 1.165) is 11.1 Å². The Bertz CT molecular complexity index is 637. The van der Waals surface area contributed by atoms with Gasteiger partial charge in [0.1, 0.15) is 5.75 Å². The number of rotatable bonds is 6. The van der Waals surface area contributed by atoms with E-state index < -0.39 is 24.0 Å². The van der Waals surface area contributed by atoms with E-state index in [2.05, 4.69) is 10.6 Å². The van der Waals surface area contributed by atoms with Gasteiger partial charge in [0.25, 0.3) is 5.91 Å². The minimum absolute atomic E-state index is 0.120. The molecule has 0 saturated carbocycles. The molecule has 0 bridgehead atoms. The van der Waals surface area contributed by atoms with Gasteiger partial charge < -0.3 is 14.8 Å². The number of halogens is 1. The minimum atomic E-state index is -1.12. The number of carbonyl (C=O) groups excluding carboxylic acids is 3. The molecule has 0 heterocycles. The number of nitrogens with one attached hydrogen (secondary N) is 2. The van der Waals surface area contributed by atoms with Crippen molar-refractivity contribution in [3.63, 3.8) is 0 Å². The van der Waals surface area contributed by atoms with Gasteiger partial charge in [0.15, 0.2) is 12.7 Å². The van der Waals surface area contributed by atoms with E-state index >= 15 is 0 Å². The zero-order valence-electron chi connectivity index (χ0n) is 14.9. The zero-order chi connectivity index (χ0) is 19.1. The number of ether oxygens (including phenoxy) is 2. The third kappa shape index (κ3) is 7.01. The van der Waals surface area contributed by atoms with Gasteiger partial charge in [-0.05, 0) is 57.9 Å². The van der Waals surface area contributed by atoms with Crippen molar-refractivity contribution >= 4 is 29.5 Å². The van der Waals surface area contributed by atoms with Crippen LogP contribution in [0.25, 0.3) is 0 Å². The van der Waals surface area contributed by atoms with E-state index in [0.29, 0.717) is 10.8 Å². The van der Waals surface area contributed by atoms with Gasteiger partial charge in [0.2, 0.25) is 0 Å². The normalized spacial score (nSPS) is 11.6. The second kappa shape index (κ2) is 9.27. The summed E-state index contributed by atoms with van der Waals surface area (Å²) in [6, 6.07) is 2.67. The van der Waals surface area contributed by atoms with Gasteiger partial charge in [-0.25, -0.2) is 9.59 Å². The first-order valence-electron chi connectivity index (χ1n) is 7.80. The van der Waals surface area contributed by atoms with Crippen LogP contribution in [-0.4, -0.2) is 36.7 Å². The minimum Gasteiger partial charge on any atom is -0.481 e. The molecule has 0 fully saturated rings. The first kappa shape index (κ1) is 20.8. The molecule has 0 aliphatic carbocycles.